The van der Waals surface area contributed by atoms with Crippen molar-refractivity contribution >= 4 is 5.97 Å². The van der Waals surface area contributed by atoms with E-state index in [9.17, 15) is 4.79 Å². The van der Waals surface area contributed by atoms with E-state index in [1.165, 1.54) is 6.08 Å². The van der Waals surface area contributed by atoms with Crippen LogP contribution < -0.4 is 0 Å². The number of esters is 1. The highest BCUT2D eigenvalue weighted by molar-refractivity contribution is 5.82. The van der Waals surface area contributed by atoms with Gasteiger partial charge in [0.1, 0.15) is 6.10 Å². The molecule has 0 bridgehead atoms. The second kappa shape index (κ2) is 3.44. The summed E-state index contributed by atoms with van der Waals surface area (Å²) in [5, 5.41) is 0. The maximum absolute atomic E-state index is 10.9. The first kappa shape index (κ1) is 8.05. The Kier molecular flexibility index (Phi) is 2.13. The van der Waals surface area contributed by atoms with E-state index in [-0.39, 0.29) is 12.1 Å². The minimum absolute atomic E-state index is 0.0984. The van der Waals surface area contributed by atoms with E-state index in [0.29, 0.717) is 0 Å². The van der Waals surface area contributed by atoms with Gasteiger partial charge in [0.2, 0.25) is 0 Å². The molecule has 0 unspecified atom stereocenters. The summed E-state index contributed by atoms with van der Waals surface area (Å²) in [6, 6.07) is 9.78. The summed E-state index contributed by atoms with van der Waals surface area (Å²) in [6.45, 7) is 0. The van der Waals surface area contributed by atoms with Gasteiger partial charge in [0, 0.05) is 12.5 Å². The predicted octanol–water partition coefficient (Wildman–Crippen LogP) is 2.23. The summed E-state index contributed by atoms with van der Waals surface area (Å²) in [4.78, 5) is 10.9. The molecule has 1 aliphatic rings. The molecule has 0 aliphatic carbocycles. The Hall–Kier alpha value is -1.57. The van der Waals surface area contributed by atoms with E-state index in [0.717, 1.165) is 12.0 Å². The van der Waals surface area contributed by atoms with E-state index in [1.807, 2.05) is 36.4 Å². The molecule has 0 fully saturated rings. The Morgan fingerprint density at radius 2 is 2.00 bits per heavy atom. The van der Waals surface area contributed by atoms with Crippen LogP contribution >= 0.6 is 0 Å². The highest BCUT2D eigenvalue weighted by Gasteiger charge is 2.16. The van der Waals surface area contributed by atoms with Gasteiger partial charge < -0.3 is 4.74 Å². The highest BCUT2D eigenvalue weighted by Crippen LogP contribution is 2.24. The van der Waals surface area contributed by atoms with Crippen molar-refractivity contribution in [2.24, 2.45) is 0 Å². The van der Waals surface area contributed by atoms with Gasteiger partial charge in [-0.3, -0.25) is 0 Å². The monoisotopic (exact) mass is 174 g/mol. The Bertz CT molecular complexity index is 327. The summed E-state index contributed by atoms with van der Waals surface area (Å²) < 4.78 is 5.15. The quantitative estimate of drug-likeness (QED) is 0.610. The fraction of sp³-hybridized carbons (Fsp3) is 0.182. The lowest BCUT2D eigenvalue weighted by atomic mass is 10.1. The minimum Gasteiger partial charge on any atom is -0.454 e. The number of benzene rings is 1. The van der Waals surface area contributed by atoms with Crippen LogP contribution in [0.1, 0.15) is 18.1 Å². The molecule has 0 spiro atoms. The van der Waals surface area contributed by atoms with Gasteiger partial charge in [0.25, 0.3) is 0 Å². The summed E-state index contributed by atoms with van der Waals surface area (Å²) in [7, 11) is 0. The Morgan fingerprint density at radius 3 is 2.69 bits per heavy atom. The van der Waals surface area contributed by atoms with Crippen molar-refractivity contribution in [2.45, 2.75) is 12.5 Å². The van der Waals surface area contributed by atoms with E-state index >= 15 is 0 Å². The van der Waals surface area contributed by atoms with Crippen LogP contribution in [0.3, 0.4) is 0 Å². The summed E-state index contributed by atoms with van der Waals surface area (Å²) in [6.07, 6.45) is 4.00. The zero-order chi connectivity index (χ0) is 9.10. The van der Waals surface area contributed by atoms with Crippen LogP contribution in [0.15, 0.2) is 42.5 Å². The second-order valence-corrected chi connectivity index (χ2v) is 2.97. The van der Waals surface area contributed by atoms with E-state index in [4.69, 9.17) is 4.74 Å². The standard InChI is InChI=1S/C11H10O2/c12-11-8-4-7-10(13-11)9-5-2-1-3-6-9/h1-6,8,10H,7H2/t10-/m0/s1. The third-order valence-electron chi connectivity index (χ3n) is 2.03. The summed E-state index contributed by atoms with van der Waals surface area (Å²) in [5.74, 6) is -0.250. The lowest BCUT2D eigenvalue weighted by molar-refractivity contribution is -0.144. The number of ether oxygens (including phenoxy) is 1. The largest absolute Gasteiger partial charge is 0.454 e. The van der Waals surface area contributed by atoms with Crippen molar-refractivity contribution in [3.8, 4) is 0 Å². The first-order chi connectivity index (χ1) is 6.36. The topological polar surface area (TPSA) is 26.3 Å². The van der Waals surface area contributed by atoms with Crippen molar-refractivity contribution in [1.82, 2.24) is 0 Å². The van der Waals surface area contributed by atoms with Gasteiger partial charge in [-0.15, -0.1) is 0 Å². The van der Waals surface area contributed by atoms with Gasteiger partial charge >= 0.3 is 5.97 Å². The zero-order valence-electron chi connectivity index (χ0n) is 7.14. The van der Waals surface area contributed by atoms with Crippen molar-refractivity contribution in [1.29, 1.82) is 0 Å². The number of cyclic esters (lactones) is 1. The van der Waals surface area contributed by atoms with Gasteiger partial charge in [-0.05, 0) is 5.56 Å². The lowest BCUT2D eigenvalue weighted by Crippen LogP contribution is -2.12. The first-order valence-electron chi connectivity index (χ1n) is 4.28. The van der Waals surface area contributed by atoms with E-state index < -0.39 is 0 Å². The van der Waals surface area contributed by atoms with Crippen LogP contribution in [0.5, 0.6) is 0 Å². The fourth-order valence-corrected chi connectivity index (χ4v) is 1.39. The molecule has 13 heavy (non-hydrogen) atoms. The molecule has 2 nitrogen and oxygen atoms in total. The molecule has 1 atom stereocenters. The molecule has 0 radical (unpaired) electrons. The fourth-order valence-electron chi connectivity index (χ4n) is 1.39. The zero-order valence-corrected chi connectivity index (χ0v) is 7.14. The van der Waals surface area contributed by atoms with Gasteiger partial charge in [0.05, 0.1) is 0 Å². The van der Waals surface area contributed by atoms with Gasteiger partial charge in [-0.1, -0.05) is 36.4 Å². The lowest BCUT2D eigenvalue weighted by Gasteiger charge is -2.18. The van der Waals surface area contributed by atoms with Crippen LogP contribution in [0, 0.1) is 0 Å². The predicted molar refractivity (Wildman–Crippen MR) is 49.0 cm³/mol. The van der Waals surface area contributed by atoms with Gasteiger partial charge in [-0.2, -0.15) is 0 Å². The molecule has 1 aromatic carbocycles. The Morgan fingerprint density at radius 1 is 1.23 bits per heavy atom. The van der Waals surface area contributed by atoms with Crippen LogP contribution in [0.25, 0.3) is 0 Å². The number of hydrogen-bond acceptors (Lipinski definition) is 2. The molecule has 0 saturated heterocycles. The highest BCUT2D eigenvalue weighted by atomic mass is 16.5. The van der Waals surface area contributed by atoms with Gasteiger partial charge in [-0.25, -0.2) is 4.79 Å². The summed E-state index contributed by atoms with van der Waals surface area (Å²) in [5.41, 5.74) is 1.06. The van der Waals surface area contributed by atoms with E-state index in [1.54, 1.807) is 0 Å². The smallest absolute Gasteiger partial charge is 0.331 e. The average molecular weight is 174 g/mol. The van der Waals surface area contributed by atoms with Crippen molar-refractivity contribution < 1.29 is 9.53 Å². The molecule has 1 heterocycles. The minimum atomic E-state index is -0.250. The average Bonchev–Trinajstić information content (AvgIpc) is 2.19. The molecule has 2 heteroatoms. The van der Waals surface area contributed by atoms with Crippen LogP contribution in [0.4, 0.5) is 0 Å². The third kappa shape index (κ3) is 1.78. The Balaban J connectivity index is 2.19. The number of carbonyl (C=O) groups excluding carboxylic acids is 1. The van der Waals surface area contributed by atoms with Crippen molar-refractivity contribution in [2.75, 3.05) is 0 Å². The molecule has 1 aromatic rings. The molecule has 66 valence electrons. The molecule has 0 saturated carbocycles. The number of hydrogen-bond donors (Lipinski definition) is 0. The van der Waals surface area contributed by atoms with Crippen LogP contribution in [-0.2, 0) is 9.53 Å². The Labute approximate surface area is 76.8 Å². The van der Waals surface area contributed by atoms with Crippen molar-refractivity contribution in [3.05, 3.63) is 48.0 Å². The molecule has 0 aromatic heterocycles. The number of carbonyl (C=O) groups is 1. The maximum atomic E-state index is 10.9. The molecule has 2 rings (SSSR count). The van der Waals surface area contributed by atoms with Crippen molar-refractivity contribution in [3.63, 3.8) is 0 Å². The third-order valence-corrected chi connectivity index (χ3v) is 2.03. The van der Waals surface area contributed by atoms with Crippen LogP contribution in [0.2, 0.25) is 0 Å². The molecule has 1 aliphatic heterocycles. The molecular formula is C11H10O2. The SMILES string of the molecule is O=C1C=CC[C@@H](c2ccccc2)O1. The van der Waals surface area contributed by atoms with E-state index in [2.05, 4.69) is 0 Å². The summed E-state index contributed by atoms with van der Waals surface area (Å²) >= 11 is 0. The number of rotatable bonds is 1. The molecule has 0 amide bonds. The molecule has 0 N–H and O–H groups in total. The normalized spacial score (nSPS) is 21.2. The molecular weight excluding hydrogens is 164 g/mol. The second-order valence-electron chi connectivity index (χ2n) is 2.97. The van der Waals surface area contributed by atoms with Gasteiger partial charge in [0.15, 0.2) is 0 Å². The maximum Gasteiger partial charge on any atom is 0.331 e. The van der Waals surface area contributed by atoms with Crippen LogP contribution in [-0.4, -0.2) is 5.97 Å². The first-order valence-corrected chi connectivity index (χ1v) is 4.28.